The van der Waals surface area contributed by atoms with Gasteiger partial charge in [0.1, 0.15) is 0 Å². The highest BCUT2D eigenvalue weighted by Crippen LogP contribution is 2.43. The molecule has 8 heteroatoms. The maximum absolute atomic E-state index is 11.4. The Kier molecular flexibility index (Phi) is 3.14. The topological polar surface area (TPSA) is 80.9 Å². The van der Waals surface area contributed by atoms with E-state index in [1.807, 2.05) is 12.1 Å². The Hall–Kier alpha value is -1.28. The smallest absolute Gasteiger partial charge is 0.311 e. The Labute approximate surface area is 121 Å². The molecule has 0 amide bonds. The van der Waals surface area contributed by atoms with Crippen LogP contribution < -0.4 is 0 Å². The van der Waals surface area contributed by atoms with Crippen molar-refractivity contribution < 1.29 is 9.90 Å². The molecule has 3 rings (SSSR count). The lowest BCUT2D eigenvalue weighted by molar-refractivity contribution is -0.156. The SMILES string of the molecule is O=C(O)C1(Cn2nnnc2-c2ccc(Br)s2)CCC1. The molecule has 0 aliphatic heterocycles. The first-order chi connectivity index (χ1) is 9.11. The normalized spacial score (nSPS) is 17.1. The highest BCUT2D eigenvalue weighted by atomic mass is 79.9. The van der Waals surface area contributed by atoms with Crippen LogP contribution in [0.15, 0.2) is 15.9 Å². The number of tetrazole rings is 1. The second kappa shape index (κ2) is 4.68. The van der Waals surface area contributed by atoms with Gasteiger partial charge in [0.2, 0.25) is 0 Å². The van der Waals surface area contributed by atoms with E-state index in [0.717, 1.165) is 15.1 Å². The largest absolute Gasteiger partial charge is 0.481 e. The minimum absolute atomic E-state index is 0.334. The molecule has 100 valence electrons. The Balaban J connectivity index is 1.90. The van der Waals surface area contributed by atoms with E-state index in [1.54, 1.807) is 4.68 Å². The maximum atomic E-state index is 11.4. The van der Waals surface area contributed by atoms with E-state index >= 15 is 0 Å². The van der Waals surface area contributed by atoms with E-state index in [9.17, 15) is 9.90 Å². The number of carboxylic acids is 1. The number of carbonyl (C=O) groups is 1. The van der Waals surface area contributed by atoms with Crippen molar-refractivity contribution in [2.75, 3.05) is 0 Å². The van der Waals surface area contributed by atoms with Crippen LogP contribution >= 0.6 is 27.3 Å². The van der Waals surface area contributed by atoms with Crippen molar-refractivity contribution in [1.29, 1.82) is 0 Å². The number of aromatic nitrogens is 4. The lowest BCUT2D eigenvalue weighted by Gasteiger charge is -2.37. The van der Waals surface area contributed by atoms with Gasteiger partial charge in [-0.25, -0.2) is 4.68 Å². The van der Waals surface area contributed by atoms with E-state index in [0.29, 0.717) is 25.2 Å². The minimum atomic E-state index is -0.757. The van der Waals surface area contributed by atoms with Crippen molar-refractivity contribution in [2.24, 2.45) is 5.41 Å². The highest BCUT2D eigenvalue weighted by Gasteiger charge is 2.45. The van der Waals surface area contributed by atoms with Crippen LogP contribution in [0.25, 0.3) is 10.7 Å². The minimum Gasteiger partial charge on any atom is -0.481 e. The van der Waals surface area contributed by atoms with E-state index in [2.05, 4.69) is 31.5 Å². The number of carboxylic acid groups (broad SMARTS) is 1. The average molecular weight is 343 g/mol. The fourth-order valence-electron chi connectivity index (χ4n) is 2.25. The summed E-state index contributed by atoms with van der Waals surface area (Å²) in [6.45, 7) is 0.334. The summed E-state index contributed by atoms with van der Waals surface area (Å²) in [6, 6.07) is 3.85. The van der Waals surface area contributed by atoms with Gasteiger partial charge in [-0.3, -0.25) is 4.79 Å². The van der Waals surface area contributed by atoms with Gasteiger partial charge in [-0.1, -0.05) is 6.42 Å². The van der Waals surface area contributed by atoms with Gasteiger partial charge in [0.05, 0.1) is 20.6 Å². The van der Waals surface area contributed by atoms with Gasteiger partial charge in [0.15, 0.2) is 5.82 Å². The molecule has 2 aromatic rings. The van der Waals surface area contributed by atoms with Gasteiger partial charge >= 0.3 is 5.97 Å². The zero-order valence-corrected chi connectivity index (χ0v) is 12.3. The summed E-state index contributed by atoms with van der Waals surface area (Å²) >= 11 is 4.92. The third-order valence-corrected chi connectivity index (χ3v) is 5.16. The summed E-state index contributed by atoms with van der Waals surface area (Å²) < 4.78 is 2.60. The molecule has 0 atom stereocenters. The predicted octanol–water partition coefficient (Wildman–Crippen LogP) is 2.42. The Morgan fingerprint density at radius 1 is 1.53 bits per heavy atom. The molecule has 19 heavy (non-hydrogen) atoms. The van der Waals surface area contributed by atoms with Crippen LogP contribution in [0.5, 0.6) is 0 Å². The number of thiophene rings is 1. The molecule has 1 fully saturated rings. The summed E-state index contributed by atoms with van der Waals surface area (Å²) in [7, 11) is 0. The monoisotopic (exact) mass is 342 g/mol. The average Bonchev–Trinajstić information content (AvgIpc) is 2.91. The molecule has 0 bridgehead atoms. The van der Waals surface area contributed by atoms with E-state index in [4.69, 9.17) is 0 Å². The molecule has 6 nitrogen and oxygen atoms in total. The molecule has 1 N–H and O–H groups in total. The van der Waals surface area contributed by atoms with Crippen LogP contribution in [0.3, 0.4) is 0 Å². The zero-order valence-electron chi connectivity index (χ0n) is 9.91. The molecule has 0 saturated heterocycles. The van der Waals surface area contributed by atoms with E-state index in [1.165, 1.54) is 11.3 Å². The number of rotatable bonds is 4. The van der Waals surface area contributed by atoms with Crippen LogP contribution in [-0.4, -0.2) is 31.3 Å². The fourth-order valence-corrected chi connectivity index (χ4v) is 3.63. The molecule has 0 unspecified atom stereocenters. The second-order valence-electron chi connectivity index (χ2n) is 4.70. The molecule has 0 radical (unpaired) electrons. The zero-order chi connectivity index (χ0) is 13.5. The summed E-state index contributed by atoms with van der Waals surface area (Å²) in [4.78, 5) is 12.3. The molecule has 1 saturated carbocycles. The lowest BCUT2D eigenvalue weighted by Crippen LogP contribution is -2.42. The standard InChI is InChI=1S/C11H11BrN4O2S/c12-8-3-2-7(19-8)9-13-14-15-16(9)6-11(10(17)18)4-1-5-11/h2-3H,1,4-6H2,(H,17,18). The van der Waals surface area contributed by atoms with Crippen LogP contribution in [0.2, 0.25) is 0 Å². The van der Waals surface area contributed by atoms with Crippen molar-refractivity contribution in [2.45, 2.75) is 25.8 Å². The fraction of sp³-hybridized carbons (Fsp3) is 0.455. The molecule has 0 aromatic carbocycles. The van der Waals surface area contributed by atoms with Gasteiger partial charge in [-0.15, -0.1) is 16.4 Å². The maximum Gasteiger partial charge on any atom is 0.311 e. The van der Waals surface area contributed by atoms with Crippen molar-refractivity contribution >= 4 is 33.2 Å². The van der Waals surface area contributed by atoms with Gasteiger partial charge in [0.25, 0.3) is 0 Å². The van der Waals surface area contributed by atoms with Crippen molar-refractivity contribution in [1.82, 2.24) is 20.2 Å². The molecule has 1 aliphatic carbocycles. The first kappa shape index (κ1) is 12.7. The van der Waals surface area contributed by atoms with Crippen LogP contribution in [-0.2, 0) is 11.3 Å². The van der Waals surface area contributed by atoms with Gasteiger partial charge in [-0.05, 0) is 51.3 Å². The van der Waals surface area contributed by atoms with Gasteiger partial charge < -0.3 is 5.11 Å². The highest BCUT2D eigenvalue weighted by molar-refractivity contribution is 9.11. The number of halogens is 1. The van der Waals surface area contributed by atoms with Crippen molar-refractivity contribution in [3.05, 3.63) is 15.9 Å². The molecular weight excluding hydrogens is 332 g/mol. The summed E-state index contributed by atoms with van der Waals surface area (Å²) in [5.74, 6) is -0.129. The lowest BCUT2D eigenvalue weighted by atomic mass is 9.69. The quantitative estimate of drug-likeness (QED) is 0.922. The number of hydrogen-bond acceptors (Lipinski definition) is 5. The van der Waals surface area contributed by atoms with Crippen LogP contribution in [0, 0.1) is 5.41 Å². The third kappa shape index (κ3) is 2.18. The van der Waals surface area contributed by atoms with Crippen LogP contribution in [0.1, 0.15) is 19.3 Å². The van der Waals surface area contributed by atoms with E-state index < -0.39 is 11.4 Å². The Bertz CT molecular complexity index is 620. The van der Waals surface area contributed by atoms with Crippen molar-refractivity contribution in [3.63, 3.8) is 0 Å². The molecule has 2 aromatic heterocycles. The molecular formula is C11H11BrN4O2S. The number of hydrogen-bond donors (Lipinski definition) is 1. The Morgan fingerprint density at radius 3 is 2.84 bits per heavy atom. The summed E-state index contributed by atoms with van der Waals surface area (Å²) in [5.41, 5.74) is -0.696. The second-order valence-corrected chi connectivity index (χ2v) is 7.17. The van der Waals surface area contributed by atoms with Gasteiger partial charge in [0, 0.05) is 0 Å². The number of nitrogens with zero attached hydrogens (tertiary/aromatic N) is 4. The molecule has 2 heterocycles. The Morgan fingerprint density at radius 2 is 2.32 bits per heavy atom. The summed E-state index contributed by atoms with van der Waals surface area (Å²) in [5, 5.41) is 21.0. The molecule has 1 aliphatic rings. The first-order valence-corrected chi connectivity index (χ1v) is 7.47. The third-order valence-electron chi connectivity index (χ3n) is 3.54. The van der Waals surface area contributed by atoms with E-state index in [-0.39, 0.29) is 0 Å². The predicted molar refractivity (Wildman–Crippen MR) is 72.7 cm³/mol. The van der Waals surface area contributed by atoms with Crippen LogP contribution in [0.4, 0.5) is 0 Å². The van der Waals surface area contributed by atoms with Gasteiger partial charge in [-0.2, -0.15) is 0 Å². The van der Waals surface area contributed by atoms with Crippen molar-refractivity contribution in [3.8, 4) is 10.7 Å². The number of aliphatic carboxylic acids is 1. The molecule has 0 spiro atoms. The summed E-state index contributed by atoms with van der Waals surface area (Å²) in [6.07, 6.45) is 2.33. The first-order valence-electron chi connectivity index (χ1n) is 5.86.